The number of carbonyl (C=O) groups excluding carboxylic acids is 4. The Morgan fingerprint density at radius 3 is 2.16 bits per heavy atom. The van der Waals surface area contributed by atoms with Crippen LogP contribution in [0.2, 0.25) is 0 Å². The predicted molar refractivity (Wildman–Crippen MR) is 211 cm³/mol. The summed E-state index contributed by atoms with van der Waals surface area (Å²) < 4.78 is 14.6. The van der Waals surface area contributed by atoms with Crippen LogP contribution >= 0.6 is 23.4 Å². The van der Waals surface area contributed by atoms with Crippen LogP contribution in [0, 0.1) is 0 Å². The minimum absolute atomic E-state index is 0.00806. The van der Waals surface area contributed by atoms with Gasteiger partial charge in [-0.25, -0.2) is 14.4 Å². The van der Waals surface area contributed by atoms with Crippen molar-refractivity contribution in [1.82, 2.24) is 20.2 Å². The highest BCUT2D eigenvalue weighted by Gasteiger charge is 2.47. The molecule has 0 aliphatic heterocycles. The molecule has 2 atom stereocenters. The van der Waals surface area contributed by atoms with Gasteiger partial charge in [-0.15, -0.1) is 5.10 Å². The summed E-state index contributed by atoms with van der Waals surface area (Å²) in [6, 6.07) is 17.3. The van der Waals surface area contributed by atoms with Crippen LogP contribution in [0.4, 0.5) is 5.69 Å². The van der Waals surface area contributed by atoms with Gasteiger partial charge in [-0.1, -0.05) is 88.4 Å². The molecule has 4 rings (SSSR count). The van der Waals surface area contributed by atoms with E-state index in [1.54, 1.807) is 0 Å². The number of hydrogen-bond donors (Lipinski definition) is 2. The Balaban J connectivity index is 1.42. The van der Waals surface area contributed by atoms with Crippen LogP contribution in [0.1, 0.15) is 109 Å². The number of halogens is 1. The van der Waals surface area contributed by atoms with E-state index in [4.69, 9.17) is 25.8 Å². The lowest BCUT2D eigenvalue weighted by Crippen LogP contribution is -2.42. The predicted octanol–water partition coefficient (Wildman–Crippen LogP) is 7.93. The number of carboxylic acid groups (broad SMARTS) is 1. The maximum atomic E-state index is 14.0. The van der Waals surface area contributed by atoms with Gasteiger partial charge in [0.15, 0.2) is 6.10 Å². The van der Waals surface area contributed by atoms with E-state index in [0.717, 1.165) is 30.4 Å². The molecule has 0 saturated carbocycles. The smallest absolute Gasteiger partial charge is 0.347 e. The topological polar surface area (TPSA) is 189 Å². The Morgan fingerprint density at radius 2 is 1.50 bits per heavy atom. The zero-order valence-corrected chi connectivity index (χ0v) is 33.1. The minimum atomic E-state index is -2.44. The van der Waals surface area contributed by atoms with E-state index in [2.05, 4.69) is 27.8 Å². The molecular formula is C40H46ClN5O9S. The Hall–Kier alpha value is -5.28. The molecule has 16 heteroatoms. The first kappa shape index (κ1) is 43.4. The number of carboxylic acids is 1. The fraction of sp³-hybridized carbons (Fsp3) is 0.400. The van der Waals surface area contributed by atoms with Crippen molar-refractivity contribution in [1.29, 1.82) is 0 Å². The van der Waals surface area contributed by atoms with Gasteiger partial charge in [0.2, 0.25) is 15.1 Å². The number of ether oxygens (including phenoxy) is 3. The number of esters is 2. The van der Waals surface area contributed by atoms with Crippen molar-refractivity contribution in [2.75, 3.05) is 19.0 Å². The van der Waals surface area contributed by atoms with Crippen molar-refractivity contribution in [3.05, 3.63) is 89.5 Å². The van der Waals surface area contributed by atoms with Crippen LogP contribution in [0.15, 0.2) is 78.0 Å². The molecular weight excluding hydrogens is 762 g/mol. The molecule has 0 fully saturated rings. The SMILES string of the molecule is CCCCCCCCCCCCOC(=O)C(C)OC(=O)c1cccc(NC(=O)C(Cl)(Sc2nnnn2-c2cccc(C(=O)O)c2)C(=O)c2ccc(OC)cc2)c1. The summed E-state index contributed by atoms with van der Waals surface area (Å²) in [7, 11) is 1.46. The van der Waals surface area contributed by atoms with Crippen LogP contribution in [-0.2, 0) is 19.1 Å². The zero-order valence-electron chi connectivity index (χ0n) is 31.6. The number of nitrogens with zero attached hydrogens (tertiary/aromatic N) is 4. The monoisotopic (exact) mass is 807 g/mol. The summed E-state index contributed by atoms with van der Waals surface area (Å²) in [6.07, 6.45) is 10.3. The van der Waals surface area contributed by atoms with Crippen LogP contribution in [0.3, 0.4) is 0 Å². The van der Waals surface area contributed by atoms with E-state index in [1.165, 1.54) is 125 Å². The molecule has 0 saturated heterocycles. The van der Waals surface area contributed by atoms with E-state index < -0.39 is 39.9 Å². The van der Waals surface area contributed by atoms with Gasteiger partial charge in [0.25, 0.3) is 5.91 Å². The van der Waals surface area contributed by atoms with Gasteiger partial charge in [-0.05, 0) is 96.2 Å². The molecule has 298 valence electrons. The summed E-state index contributed by atoms with van der Waals surface area (Å²) in [6.45, 7) is 3.85. The molecule has 0 bridgehead atoms. The van der Waals surface area contributed by atoms with Crippen LogP contribution in [-0.4, -0.2) is 78.9 Å². The van der Waals surface area contributed by atoms with Gasteiger partial charge in [-0.2, -0.15) is 4.68 Å². The fourth-order valence-electron chi connectivity index (χ4n) is 5.52. The third-order valence-electron chi connectivity index (χ3n) is 8.66. The second-order valence-electron chi connectivity index (χ2n) is 12.9. The maximum absolute atomic E-state index is 14.0. The number of unbranched alkanes of at least 4 members (excludes halogenated alkanes) is 9. The molecule has 0 aliphatic carbocycles. The summed E-state index contributed by atoms with van der Waals surface area (Å²) in [5.74, 6) is -4.08. The lowest BCUT2D eigenvalue weighted by atomic mass is 10.1. The number of tetrazole rings is 1. The number of carbonyl (C=O) groups is 5. The van der Waals surface area contributed by atoms with Crippen LogP contribution < -0.4 is 10.1 Å². The molecule has 1 aromatic heterocycles. The number of alkyl halides is 1. The van der Waals surface area contributed by atoms with Crippen molar-refractivity contribution < 1.29 is 43.3 Å². The third-order valence-corrected chi connectivity index (χ3v) is 10.3. The number of amides is 1. The summed E-state index contributed by atoms with van der Waals surface area (Å²) in [5, 5.41) is 23.5. The highest BCUT2D eigenvalue weighted by molar-refractivity contribution is 8.03. The number of thioether (sulfide) groups is 1. The number of methoxy groups -OCH3 is 1. The van der Waals surface area contributed by atoms with Crippen molar-refractivity contribution >= 4 is 58.6 Å². The first-order valence-corrected chi connectivity index (χ1v) is 19.6. The molecule has 0 spiro atoms. The average Bonchev–Trinajstić information content (AvgIpc) is 3.67. The molecule has 56 heavy (non-hydrogen) atoms. The quantitative estimate of drug-likeness (QED) is 0.0184. The third kappa shape index (κ3) is 12.4. The lowest BCUT2D eigenvalue weighted by molar-refractivity contribution is -0.153. The Kier molecular flexibility index (Phi) is 16.8. The fourth-order valence-corrected chi connectivity index (χ4v) is 6.79. The van der Waals surface area contributed by atoms with E-state index in [9.17, 15) is 29.1 Å². The first-order valence-electron chi connectivity index (χ1n) is 18.4. The molecule has 0 radical (unpaired) electrons. The van der Waals surface area contributed by atoms with Gasteiger partial charge in [0.1, 0.15) is 5.75 Å². The number of aromatic nitrogens is 4. The lowest BCUT2D eigenvalue weighted by Gasteiger charge is -2.24. The standard InChI is InChI=1S/C40H46ClN5O9S/c1-4-5-6-7-8-9-10-11-12-13-24-54-36(50)27(2)55-37(51)30-17-14-18-31(25-30)42-38(52)40(41,34(47)28-20-22-33(53-3)23-21-28)56-39-43-44-45-46(39)32-19-15-16-29(26-32)35(48)49/h14-23,25-27H,4-13,24H2,1-3H3,(H,42,52)(H,48,49). The van der Waals surface area contributed by atoms with Crippen molar-refractivity contribution in [2.24, 2.45) is 0 Å². The molecule has 1 heterocycles. The number of benzene rings is 3. The molecule has 3 aromatic carbocycles. The van der Waals surface area contributed by atoms with Gasteiger partial charge < -0.3 is 24.6 Å². The average molecular weight is 808 g/mol. The normalized spacial score (nSPS) is 12.6. The summed E-state index contributed by atoms with van der Waals surface area (Å²) >= 11 is 7.49. The largest absolute Gasteiger partial charge is 0.497 e. The number of aromatic carboxylic acids is 1. The number of Topliss-reactive ketones (excluding diaryl/α,β-unsaturated/α-hetero) is 1. The second-order valence-corrected chi connectivity index (χ2v) is 14.9. The van der Waals surface area contributed by atoms with E-state index in [-0.39, 0.29) is 39.8 Å². The summed E-state index contributed by atoms with van der Waals surface area (Å²) in [5.41, 5.74) is 0.335. The molecule has 2 N–H and O–H groups in total. The first-order chi connectivity index (χ1) is 27.0. The molecule has 4 aromatic rings. The van der Waals surface area contributed by atoms with Crippen LogP contribution in [0.25, 0.3) is 5.69 Å². The van der Waals surface area contributed by atoms with Crippen molar-refractivity contribution in [3.63, 3.8) is 0 Å². The van der Waals surface area contributed by atoms with Gasteiger partial charge in [-0.3, -0.25) is 9.59 Å². The Labute approximate surface area is 334 Å². The number of rotatable bonds is 23. The highest BCUT2D eigenvalue weighted by atomic mass is 35.5. The van der Waals surface area contributed by atoms with E-state index in [0.29, 0.717) is 17.5 Å². The molecule has 1 amide bonds. The second kappa shape index (κ2) is 21.7. The Bertz CT molecular complexity index is 1960. The number of anilines is 1. The number of nitrogens with one attached hydrogen (secondary N) is 1. The maximum Gasteiger partial charge on any atom is 0.347 e. The molecule has 2 unspecified atom stereocenters. The Morgan fingerprint density at radius 1 is 0.857 bits per heavy atom. The molecule has 14 nitrogen and oxygen atoms in total. The van der Waals surface area contributed by atoms with Gasteiger partial charge in [0.05, 0.1) is 30.5 Å². The van der Waals surface area contributed by atoms with Crippen LogP contribution in [0.5, 0.6) is 5.75 Å². The number of ketones is 1. The molecule has 0 aliphatic rings. The highest BCUT2D eigenvalue weighted by Crippen LogP contribution is 2.40. The van der Waals surface area contributed by atoms with Crippen molar-refractivity contribution in [2.45, 2.75) is 93.5 Å². The van der Waals surface area contributed by atoms with E-state index >= 15 is 0 Å². The minimum Gasteiger partial charge on any atom is -0.497 e. The zero-order chi connectivity index (χ0) is 40.5. The van der Waals surface area contributed by atoms with Crippen molar-refractivity contribution in [3.8, 4) is 11.4 Å². The summed E-state index contributed by atoms with van der Waals surface area (Å²) in [4.78, 5) is 65.3. The van der Waals surface area contributed by atoms with Gasteiger partial charge >= 0.3 is 17.9 Å². The van der Waals surface area contributed by atoms with E-state index in [1.807, 2.05) is 0 Å². The number of hydrogen-bond acceptors (Lipinski definition) is 12. The van der Waals surface area contributed by atoms with Gasteiger partial charge in [0, 0.05) is 11.3 Å².